The van der Waals surface area contributed by atoms with E-state index in [4.69, 9.17) is 23.2 Å². The first-order chi connectivity index (χ1) is 8.54. The van der Waals surface area contributed by atoms with Crippen molar-refractivity contribution in [2.45, 2.75) is 13.0 Å². The topological polar surface area (TPSA) is 49.4 Å². The highest BCUT2D eigenvalue weighted by molar-refractivity contribution is 6.31. The maximum absolute atomic E-state index is 11.7. The van der Waals surface area contributed by atoms with Crippen LogP contribution < -0.4 is 5.32 Å². The number of carbonyl (C=O) groups excluding carboxylic acids is 2. The van der Waals surface area contributed by atoms with Crippen molar-refractivity contribution in [3.8, 4) is 0 Å². The molecular formula is C12H14Cl2N2O2. The molecule has 1 N–H and O–H groups in total. The molecule has 0 saturated heterocycles. The fourth-order valence-electron chi connectivity index (χ4n) is 1.32. The summed E-state index contributed by atoms with van der Waals surface area (Å²) in [4.78, 5) is 24.2. The number of amides is 3. The zero-order valence-electron chi connectivity index (χ0n) is 9.95. The number of rotatable bonds is 4. The van der Waals surface area contributed by atoms with E-state index in [-0.39, 0.29) is 18.2 Å². The predicted molar refractivity (Wildman–Crippen MR) is 71.8 cm³/mol. The maximum Gasteiger partial charge on any atom is 0.324 e. The van der Waals surface area contributed by atoms with E-state index in [0.29, 0.717) is 11.6 Å². The van der Waals surface area contributed by atoms with Gasteiger partial charge in [-0.2, -0.15) is 0 Å². The summed E-state index contributed by atoms with van der Waals surface area (Å²) in [7, 11) is 1.59. The first kappa shape index (κ1) is 14.8. The summed E-state index contributed by atoms with van der Waals surface area (Å²) in [6, 6.07) is 6.76. The van der Waals surface area contributed by atoms with Crippen LogP contribution in [0.3, 0.4) is 0 Å². The zero-order chi connectivity index (χ0) is 13.5. The number of halogens is 2. The van der Waals surface area contributed by atoms with E-state index < -0.39 is 6.03 Å². The summed E-state index contributed by atoms with van der Waals surface area (Å²) < 4.78 is 0. The molecule has 0 aliphatic rings. The van der Waals surface area contributed by atoms with Gasteiger partial charge in [-0.3, -0.25) is 10.1 Å². The van der Waals surface area contributed by atoms with Crippen molar-refractivity contribution in [2.75, 3.05) is 12.9 Å². The van der Waals surface area contributed by atoms with Gasteiger partial charge in [0.2, 0.25) is 5.91 Å². The van der Waals surface area contributed by atoms with Crippen LogP contribution in [0, 0.1) is 0 Å². The zero-order valence-corrected chi connectivity index (χ0v) is 11.5. The highest BCUT2D eigenvalue weighted by Gasteiger charge is 2.13. The number of nitrogens with zero attached hydrogens (tertiary/aromatic N) is 1. The molecule has 98 valence electrons. The second kappa shape index (κ2) is 7.24. The molecule has 0 bridgehead atoms. The Labute approximate surface area is 116 Å². The third kappa shape index (κ3) is 4.55. The predicted octanol–water partition coefficient (Wildman–Crippen LogP) is 2.64. The molecule has 1 aromatic rings. The number of urea groups is 1. The smallest absolute Gasteiger partial charge is 0.323 e. The minimum absolute atomic E-state index is 0.118. The van der Waals surface area contributed by atoms with Gasteiger partial charge in [0.25, 0.3) is 0 Å². The Balaban J connectivity index is 2.55. The minimum atomic E-state index is -0.468. The molecule has 0 unspecified atom stereocenters. The number of nitrogens with one attached hydrogen (secondary N) is 1. The number of alkyl halides is 1. The van der Waals surface area contributed by atoms with Gasteiger partial charge in [0.15, 0.2) is 0 Å². The number of benzene rings is 1. The SMILES string of the molecule is CN(Cc1ccccc1Cl)C(=O)NC(=O)CCCl. The lowest BCUT2D eigenvalue weighted by atomic mass is 10.2. The van der Waals surface area contributed by atoms with Crippen LogP contribution in [0.15, 0.2) is 24.3 Å². The van der Waals surface area contributed by atoms with Crippen LogP contribution in [0.25, 0.3) is 0 Å². The minimum Gasteiger partial charge on any atom is -0.323 e. The molecule has 1 rings (SSSR count). The Morgan fingerprint density at radius 2 is 2.00 bits per heavy atom. The van der Waals surface area contributed by atoms with E-state index in [0.717, 1.165) is 5.56 Å². The third-order valence-corrected chi connectivity index (χ3v) is 2.84. The Morgan fingerprint density at radius 3 is 2.61 bits per heavy atom. The second-order valence-electron chi connectivity index (χ2n) is 3.74. The van der Waals surface area contributed by atoms with Crippen molar-refractivity contribution in [1.29, 1.82) is 0 Å². The first-order valence-electron chi connectivity index (χ1n) is 5.39. The number of hydrogen-bond acceptors (Lipinski definition) is 2. The average Bonchev–Trinajstić information content (AvgIpc) is 2.32. The molecule has 0 aliphatic heterocycles. The van der Waals surface area contributed by atoms with Gasteiger partial charge in [0, 0.05) is 30.9 Å². The summed E-state index contributed by atoms with van der Waals surface area (Å²) in [5.74, 6) is -0.200. The van der Waals surface area contributed by atoms with Crippen LogP contribution in [0.1, 0.15) is 12.0 Å². The third-order valence-electron chi connectivity index (χ3n) is 2.28. The Morgan fingerprint density at radius 1 is 1.33 bits per heavy atom. The van der Waals surface area contributed by atoms with Gasteiger partial charge < -0.3 is 4.90 Å². The van der Waals surface area contributed by atoms with E-state index in [2.05, 4.69) is 5.32 Å². The van der Waals surface area contributed by atoms with Gasteiger partial charge in [0.1, 0.15) is 0 Å². The lowest BCUT2D eigenvalue weighted by Crippen LogP contribution is -2.40. The molecule has 18 heavy (non-hydrogen) atoms. The molecule has 0 atom stereocenters. The highest BCUT2D eigenvalue weighted by atomic mass is 35.5. The molecule has 4 nitrogen and oxygen atoms in total. The van der Waals surface area contributed by atoms with Gasteiger partial charge in [-0.25, -0.2) is 4.79 Å². The van der Waals surface area contributed by atoms with Crippen LogP contribution >= 0.6 is 23.2 Å². The number of hydrogen-bond donors (Lipinski definition) is 1. The van der Waals surface area contributed by atoms with E-state index in [1.807, 2.05) is 18.2 Å². The standard InChI is InChI=1S/C12H14Cl2N2O2/c1-16(12(18)15-11(17)6-7-13)8-9-4-2-3-5-10(9)14/h2-5H,6-8H2,1H3,(H,15,17,18). The van der Waals surface area contributed by atoms with Crippen LogP contribution in [0.5, 0.6) is 0 Å². The summed E-state index contributed by atoms with van der Waals surface area (Å²) in [5, 5.41) is 2.83. The van der Waals surface area contributed by atoms with Crippen LogP contribution in [0.2, 0.25) is 5.02 Å². The van der Waals surface area contributed by atoms with Crippen LogP contribution in [-0.4, -0.2) is 29.8 Å². The molecule has 0 aromatic heterocycles. The first-order valence-corrected chi connectivity index (χ1v) is 6.30. The number of imide groups is 1. The second-order valence-corrected chi connectivity index (χ2v) is 4.52. The summed E-state index contributed by atoms with van der Waals surface area (Å²) in [5.41, 5.74) is 0.821. The summed E-state index contributed by atoms with van der Waals surface area (Å²) in [6.45, 7) is 0.333. The van der Waals surface area contributed by atoms with Crippen molar-refractivity contribution in [1.82, 2.24) is 10.2 Å². The van der Waals surface area contributed by atoms with Gasteiger partial charge in [-0.1, -0.05) is 29.8 Å². The van der Waals surface area contributed by atoms with E-state index >= 15 is 0 Å². The van der Waals surface area contributed by atoms with Crippen molar-refractivity contribution >= 4 is 35.1 Å². The molecule has 6 heteroatoms. The molecule has 0 radical (unpaired) electrons. The monoisotopic (exact) mass is 288 g/mol. The molecule has 0 aliphatic carbocycles. The lowest BCUT2D eigenvalue weighted by Gasteiger charge is -2.17. The highest BCUT2D eigenvalue weighted by Crippen LogP contribution is 2.16. The van der Waals surface area contributed by atoms with Gasteiger partial charge in [-0.05, 0) is 11.6 Å². The Hall–Kier alpha value is -1.26. The Kier molecular flexibility index (Phi) is 5.95. The largest absolute Gasteiger partial charge is 0.324 e. The van der Waals surface area contributed by atoms with Crippen molar-refractivity contribution < 1.29 is 9.59 Å². The molecule has 0 fully saturated rings. The quantitative estimate of drug-likeness (QED) is 0.866. The van der Waals surface area contributed by atoms with Crippen molar-refractivity contribution in [3.63, 3.8) is 0 Å². The molecule has 0 heterocycles. The van der Waals surface area contributed by atoms with Gasteiger partial charge >= 0.3 is 6.03 Å². The molecule has 0 saturated carbocycles. The lowest BCUT2D eigenvalue weighted by molar-refractivity contribution is -0.119. The molecular weight excluding hydrogens is 275 g/mol. The fraction of sp³-hybridized carbons (Fsp3) is 0.333. The van der Waals surface area contributed by atoms with E-state index in [1.54, 1.807) is 13.1 Å². The van der Waals surface area contributed by atoms with E-state index in [9.17, 15) is 9.59 Å². The average molecular weight is 289 g/mol. The summed E-state index contributed by atoms with van der Waals surface area (Å²) >= 11 is 11.4. The molecule has 3 amide bonds. The van der Waals surface area contributed by atoms with Crippen molar-refractivity contribution in [2.24, 2.45) is 0 Å². The van der Waals surface area contributed by atoms with Crippen LogP contribution in [0.4, 0.5) is 4.79 Å². The van der Waals surface area contributed by atoms with E-state index in [1.165, 1.54) is 4.90 Å². The fourth-order valence-corrected chi connectivity index (χ4v) is 1.68. The van der Waals surface area contributed by atoms with Crippen molar-refractivity contribution in [3.05, 3.63) is 34.9 Å². The molecule has 1 aromatic carbocycles. The normalized spacial score (nSPS) is 9.94. The molecule has 0 spiro atoms. The Bertz CT molecular complexity index is 438. The maximum atomic E-state index is 11.7. The number of carbonyl (C=O) groups is 2. The summed E-state index contributed by atoms with van der Waals surface area (Å²) in [6.07, 6.45) is 0.118. The van der Waals surface area contributed by atoms with Crippen LogP contribution in [-0.2, 0) is 11.3 Å². The van der Waals surface area contributed by atoms with Gasteiger partial charge in [-0.15, -0.1) is 11.6 Å². The van der Waals surface area contributed by atoms with Gasteiger partial charge in [0.05, 0.1) is 0 Å².